The van der Waals surface area contributed by atoms with E-state index in [4.69, 9.17) is 0 Å². The van der Waals surface area contributed by atoms with Crippen molar-refractivity contribution in [2.45, 2.75) is 33.5 Å². The third-order valence-corrected chi connectivity index (χ3v) is 8.17. The largest absolute Gasteiger partial charge is 0.0768 e. The lowest BCUT2D eigenvalue weighted by molar-refractivity contribution is 0.150. The van der Waals surface area contributed by atoms with Crippen LogP contribution in [0, 0.1) is 35.5 Å². The Balaban J connectivity index is 1.75. The van der Waals surface area contributed by atoms with Gasteiger partial charge in [0.2, 0.25) is 0 Å². The molecule has 4 aliphatic carbocycles. The quantitative estimate of drug-likeness (QED) is 0.316. The summed E-state index contributed by atoms with van der Waals surface area (Å²) in [5.41, 5.74) is 0. The van der Waals surface area contributed by atoms with Crippen molar-refractivity contribution in [2.75, 3.05) is 0 Å². The SMILES string of the molecule is IC1(I)CC2CC1C1C3CCC(C3)C21. The molecule has 6 atom stereocenters. The highest BCUT2D eigenvalue weighted by molar-refractivity contribution is 14.2. The van der Waals surface area contributed by atoms with Gasteiger partial charge >= 0.3 is 0 Å². The minimum absolute atomic E-state index is 0.645. The van der Waals surface area contributed by atoms with Crippen LogP contribution in [0.3, 0.4) is 0 Å². The first-order valence-corrected chi connectivity index (χ1v) is 8.20. The van der Waals surface area contributed by atoms with Gasteiger partial charge in [0.25, 0.3) is 0 Å². The lowest BCUT2D eigenvalue weighted by Gasteiger charge is -2.40. The summed E-state index contributed by atoms with van der Waals surface area (Å²) in [6.07, 6.45) is 7.91. The molecule has 0 nitrogen and oxygen atoms in total. The van der Waals surface area contributed by atoms with E-state index >= 15 is 0 Å². The lowest BCUT2D eigenvalue weighted by Crippen LogP contribution is -2.37. The maximum atomic E-state index is 2.76. The summed E-state index contributed by atoms with van der Waals surface area (Å²) in [6, 6.07) is 0. The molecule has 0 aromatic rings. The second-order valence-corrected chi connectivity index (χ2v) is 12.0. The molecule has 0 aromatic heterocycles. The third kappa shape index (κ3) is 1.01. The van der Waals surface area contributed by atoms with Gasteiger partial charge in [0.1, 0.15) is 0 Å². The van der Waals surface area contributed by atoms with Gasteiger partial charge in [0, 0.05) is 0 Å². The summed E-state index contributed by atoms with van der Waals surface area (Å²) in [6.45, 7) is 0. The molecule has 0 radical (unpaired) electrons. The molecule has 0 amide bonds. The highest BCUT2D eigenvalue weighted by atomic mass is 127. The number of fused-ring (bicyclic) bond motifs is 9. The second-order valence-electron chi connectivity index (χ2n) is 6.06. The summed E-state index contributed by atoms with van der Waals surface area (Å²) in [4.78, 5) is 0. The van der Waals surface area contributed by atoms with E-state index in [0.29, 0.717) is 1.43 Å². The van der Waals surface area contributed by atoms with Crippen LogP contribution in [0.25, 0.3) is 0 Å². The van der Waals surface area contributed by atoms with Crippen molar-refractivity contribution in [3.05, 3.63) is 0 Å². The Morgan fingerprint density at radius 1 is 0.857 bits per heavy atom. The van der Waals surface area contributed by atoms with Crippen LogP contribution >= 0.6 is 45.2 Å². The number of halogens is 2. The Hall–Kier alpha value is 1.46. The minimum Gasteiger partial charge on any atom is -0.0669 e. The van der Waals surface area contributed by atoms with Gasteiger partial charge in [-0.15, -0.1) is 0 Å². The molecule has 0 aliphatic heterocycles. The van der Waals surface area contributed by atoms with Crippen LogP contribution in [0.4, 0.5) is 0 Å². The van der Waals surface area contributed by atoms with E-state index in [9.17, 15) is 0 Å². The maximum absolute atomic E-state index is 2.76. The third-order valence-electron chi connectivity index (χ3n) is 5.69. The van der Waals surface area contributed by atoms with Crippen molar-refractivity contribution in [3.63, 3.8) is 0 Å². The molecule has 4 fully saturated rings. The first-order valence-electron chi connectivity index (χ1n) is 6.04. The van der Waals surface area contributed by atoms with E-state index in [1.807, 2.05) is 0 Å². The summed E-state index contributed by atoms with van der Waals surface area (Å²) in [7, 11) is 0. The summed E-state index contributed by atoms with van der Waals surface area (Å²) >= 11 is 5.53. The molecule has 2 heteroatoms. The van der Waals surface area contributed by atoms with Crippen LogP contribution in [-0.2, 0) is 0 Å². The van der Waals surface area contributed by atoms with Gasteiger partial charge in [-0.2, -0.15) is 0 Å². The Kier molecular flexibility index (Phi) is 1.91. The highest BCUT2D eigenvalue weighted by Gasteiger charge is 2.65. The molecule has 6 unspecified atom stereocenters. The van der Waals surface area contributed by atoms with Gasteiger partial charge in [-0.25, -0.2) is 0 Å². The predicted molar refractivity (Wildman–Crippen MR) is 74.8 cm³/mol. The molecule has 4 rings (SSSR count). The molecule has 0 heterocycles. The molecule has 0 aromatic carbocycles. The molecule has 14 heavy (non-hydrogen) atoms. The van der Waals surface area contributed by atoms with Crippen LogP contribution < -0.4 is 0 Å². The van der Waals surface area contributed by atoms with E-state index in [0.717, 1.165) is 17.8 Å². The van der Waals surface area contributed by atoms with E-state index in [-0.39, 0.29) is 0 Å². The molecular weight excluding hydrogens is 398 g/mol. The maximum Gasteiger partial charge on any atom is 0.0768 e. The first kappa shape index (κ1) is 9.49. The fourth-order valence-electron chi connectivity index (χ4n) is 5.49. The van der Waals surface area contributed by atoms with Gasteiger partial charge < -0.3 is 0 Å². The lowest BCUT2D eigenvalue weighted by atomic mass is 9.71. The van der Waals surface area contributed by atoms with E-state index in [1.165, 1.54) is 24.2 Å². The average Bonchev–Trinajstić information content (AvgIpc) is 2.73. The van der Waals surface area contributed by atoms with Crippen LogP contribution in [0.5, 0.6) is 0 Å². The van der Waals surface area contributed by atoms with Crippen LogP contribution in [0.1, 0.15) is 32.1 Å². The second kappa shape index (κ2) is 2.82. The van der Waals surface area contributed by atoms with Crippen molar-refractivity contribution in [2.24, 2.45) is 35.5 Å². The molecule has 4 bridgehead atoms. The van der Waals surface area contributed by atoms with E-state index in [1.54, 1.807) is 25.7 Å². The van der Waals surface area contributed by atoms with Crippen molar-refractivity contribution in [1.29, 1.82) is 0 Å². The summed E-state index contributed by atoms with van der Waals surface area (Å²) in [5.74, 6) is 6.91. The molecule has 0 N–H and O–H groups in total. The Bertz CT molecular complexity index is 286. The number of rotatable bonds is 0. The Morgan fingerprint density at radius 3 is 2.36 bits per heavy atom. The fourth-order valence-corrected chi connectivity index (χ4v) is 7.96. The Morgan fingerprint density at radius 2 is 1.57 bits per heavy atom. The van der Waals surface area contributed by atoms with E-state index in [2.05, 4.69) is 45.2 Å². The van der Waals surface area contributed by atoms with Crippen LogP contribution in [0.15, 0.2) is 0 Å². The molecule has 0 spiro atoms. The molecular formula is C12H16I2. The van der Waals surface area contributed by atoms with Crippen molar-refractivity contribution >= 4 is 45.2 Å². The highest BCUT2D eigenvalue weighted by Crippen LogP contribution is 2.72. The average molecular weight is 414 g/mol. The van der Waals surface area contributed by atoms with Crippen LogP contribution in [0.2, 0.25) is 0 Å². The van der Waals surface area contributed by atoms with Gasteiger partial charge in [-0.05, 0) is 67.6 Å². The number of hydrogen-bond donors (Lipinski definition) is 0. The van der Waals surface area contributed by atoms with Crippen molar-refractivity contribution in [3.8, 4) is 0 Å². The normalized spacial score (nSPS) is 62.1. The molecule has 0 saturated heterocycles. The van der Waals surface area contributed by atoms with Gasteiger partial charge in [0.05, 0.1) is 1.43 Å². The standard InChI is InChI=1S/C12H16I2/c13-12(14)5-8-4-9(12)11-7-2-1-6(3-7)10(8)11/h6-11H,1-5H2. The zero-order chi connectivity index (χ0) is 9.50. The van der Waals surface area contributed by atoms with Gasteiger partial charge in [-0.3, -0.25) is 0 Å². The molecule has 78 valence electrons. The predicted octanol–water partition coefficient (Wildman–Crippen LogP) is 4.25. The van der Waals surface area contributed by atoms with Gasteiger partial charge in [0.15, 0.2) is 0 Å². The summed E-state index contributed by atoms with van der Waals surface area (Å²) < 4.78 is 0.645. The van der Waals surface area contributed by atoms with Crippen molar-refractivity contribution < 1.29 is 0 Å². The number of hydrogen-bond acceptors (Lipinski definition) is 0. The topological polar surface area (TPSA) is 0 Å². The van der Waals surface area contributed by atoms with Crippen LogP contribution in [-0.4, -0.2) is 1.43 Å². The minimum atomic E-state index is 0.645. The monoisotopic (exact) mass is 414 g/mol. The fraction of sp³-hybridized carbons (Fsp3) is 1.00. The van der Waals surface area contributed by atoms with Crippen molar-refractivity contribution in [1.82, 2.24) is 0 Å². The number of alkyl halides is 2. The molecule has 4 aliphatic rings. The zero-order valence-corrected chi connectivity index (χ0v) is 12.6. The smallest absolute Gasteiger partial charge is 0.0669 e. The zero-order valence-electron chi connectivity index (χ0n) is 8.26. The van der Waals surface area contributed by atoms with Gasteiger partial charge in [-0.1, -0.05) is 45.2 Å². The first-order chi connectivity index (χ1) is 6.67. The molecule has 4 saturated carbocycles. The summed E-state index contributed by atoms with van der Waals surface area (Å²) in [5, 5.41) is 0. The Labute approximate surface area is 113 Å². The van der Waals surface area contributed by atoms with E-state index < -0.39 is 0 Å².